The first-order valence-electron chi connectivity index (χ1n) is 6.25. The Labute approximate surface area is 127 Å². The second kappa shape index (κ2) is 5.19. The summed E-state index contributed by atoms with van der Waals surface area (Å²) in [5.41, 5.74) is -0.669. The molecule has 0 N–H and O–H groups in total. The predicted octanol–water partition coefficient (Wildman–Crippen LogP) is 3.11. The van der Waals surface area contributed by atoms with Gasteiger partial charge in [-0.2, -0.15) is 0 Å². The number of esters is 1. The molecule has 3 aromatic rings. The summed E-state index contributed by atoms with van der Waals surface area (Å²) in [6, 6.07) is 9.32. The molecule has 0 amide bonds. The van der Waals surface area contributed by atoms with Crippen LogP contribution in [0.4, 0.5) is 5.69 Å². The summed E-state index contributed by atoms with van der Waals surface area (Å²) in [4.78, 5) is 35.0. The SMILES string of the molecule is COC(=O)c1cc([N+](=O)[O-])cc2sc3ccccc3c(=O)c12. The van der Waals surface area contributed by atoms with E-state index in [1.165, 1.54) is 24.5 Å². The minimum atomic E-state index is -0.770. The third-order valence-corrected chi connectivity index (χ3v) is 4.40. The summed E-state index contributed by atoms with van der Waals surface area (Å²) in [6.45, 7) is 0. The molecule has 22 heavy (non-hydrogen) atoms. The second-order valence-corrected chi connectivity index (χ2v) is 5.63. The maximum Gasteiger partial charge on any atom is 0.338 e. The highest BCUT2D eigenvalue weighted by molar-refractivity contribution is 7.24. The molecule has 2 aromatic carbocycles. The molecule has 0 fully saturated rings. The maximum absolute atomic E-state index is 12.6. The first-order chi connectivity index (χ1) is 10.5. The van der Waals surface area contributed by atoms with Gasteiger partial charge in [0.15, 0.2) is 5.43 Å². The van der Waals surface area contributed by atoms with E-state index in [1.807, 2.05) is 0 Å². The van der Waals surface area contributed by atoms with Crippen LogP contribution in [0.25, 0.3) is 20.2 Å². The highest BCUT2D eigenvalue weighted by Gasteiger charge is 2.21. The number of nitro groups is 1. The van der Waals surface area contributed by atoms with Gasteiger partial charge in [0.05, 0.1) is 23.0 Å². The number of rotatable bonds is 2. The number of nitro benzene ring substituents is 1. The number of hydrogen-bond donors (Lipinski definition) is 0. The average molecular weight is 315 g/mol. The van der Waals surface area contributed by atoms with E-state index in [9.17, 15) is 19.7 Å². The Kier molecular flexibility index (Phi) is 3.34. The van der Waals surface area contributed by atoms with Crippen molar-refractivity contribution in [3.63, 3.8) is 0 Å². The van der Waals surface area contributed by atoms with Crippen molar-refractivity contribution in [2.24, 2.45) is 0 Å². The fourth-order valence-corrected chi connectivity index (χ4v) is 3.43. The summed E-state index contributed by atoms with van der Waals surface area (Å²) >= 11 is 1.23. The number of methoxy groups -OCH3 is 1. The first kappa shape index (κ1) is 14.2. The van der Waals surface area contributed by atoms with Gasteiger partial charge in [-0.1, -0.05) is 12.1 Å². The monoisotopic (exact) mass is 315 g/mol. The van der Waals surface area contributed by atoms with Gasteiger partial charge in [0.25, 0.3) is 5.69 Å². The van der Waals surface area contributed by atoms with Gasteiger partial charge in [-0.05, 0) is 12.1 Å². The zero-order valence-corrected chi connectivity index (χ0v) is 12.2. The molecule has 110 valence electrons. The van der Waals surface area contributed by atoms with Crippen LogP contribution in [0.15, 0.2) is 41.2 Å². The summed E-state index contributed by atoms with van der Waals surface area (Å²) in [7, 11) is 1.17. The van der Waals surface area contributed by atoms with E-state index in [0.29, 0.717) is 14.8 Å². The minimum Gasteiger partial charge on any atom is -0.465 e. The molecule has 0 saturated heterocycles. The Morgan fingerprint density at radius 1 is 1.23 bits per heavy atom. The van der Waals surface area contributed by atoms with E-state index in [4.69, 9.17) is 0 Å². The van der Waals surface area contributed by atoms with E-state index in [-0.39, 0.29) is 22.1 Å². The fourth-order valence-electron chi connectivity index (χ4n) is 2.29. The molecule has 0 spiro atoms. The lowest BCUT2D eigenvalue weighted by molar-refractivity contribution is -0.384. The van der Waals surface area contributed by atoms with E-state index >= 15 is 0 Å². The van der Waals surface area contributed by atoms with E-state index in [1.54, 1.807) is 24.3 Å². The largest absolute Gasteiger partial charge is 0.465 e. The smallest absolute Gasteiger partial charge is 0.338 e. The number of ether oxygens (including phenoxy) is 1. The summed E-state index contributed by atoms with van der Waals surface area (Å²) in [6.07, 6.45) is 0. The number of hydrogen-bond acceptors (Lipinski definition) is 6. The molecule has 0 radical (unpaired) electrons. The number of benzene rings is 2. The van der Waals surface area contributed by atoms with Crippen LogP contribution in [0.5, 0.6) is 0 Å². The molecule has 0 bridgehead atoms. The molecule has 0 atom stereocenters. The number of carbonyl (C=O) groups is 1. The molecule has 0 unspecified atom stereocenters. The maximum atomic E-state index is 12.6. The number of nitrogens with zero attached hydrogens (tertiary/aromatic N) is 1. The highest BCUT2D eigenvalue weighted by Crippen LogP contribution is 2.30. The zero-order valence-electron chi connectivity index (χ0n) is 11.4. The lowest BCUT2D eigenvalue weighted by Crippen LogP contribution is -2.10. The van der Waals surface area contributed by atoms with Crippen LogP contribution in [0.1, 0.15) is 10.4 Å². The summed E-state index contributed by atoms with van der Waals surface area (Å²) in [5, 5.41) is 11.7. The second-order valence-electron chi connectivity index (χ2n) is 4.54. The summed E-state index contributed by atoms with van der Waals surface area (Å²) < 4.78 is 5.74. The average Bonchev–Trinajstić information content (AvgIpc) is 2.53. The lowest BCUT2D eigenvalue weighted by atomic mass is 10.1. The molecule has 1 heterocycles. The third kappa shape index (κ3) is 2.11. The van der Waals surface area contributed by atoms with Crippen molar-refractivity contribution in [3.05, 3.63) is 62.3 Å². The van der Waals surface area contributed by atoms with Gasteiger partial charge in [-0.3, -0.25) is 14.9 Å². The van der Waals surface area contributed by atoms with Crippen LogP contribution in [0.2, 0.25) is 0 Å². The highest BCUT2D eigenvalue weighted by atomic mass is 32.1. The van der Waals surface area contributed by atoms with Crippen molar-refractivity contribution >= 4 is 43.2 Å². The Morgan fingerprint density at radius 3 is 2.64 bits per heavy atom. The Balaban J connectivity index is 2.54. The van der Waals surface area contributed by atoms with Crippen LogP contribution in [-0.2, 0) is 4.74 Å². The fraction of sp³-hybridized carbons (Fsp3) is 0.0667. The Hall–Kier alpha value is -2.80. The molecule has 0 aliphatic heterocycles. The van der Waals surface area contributed by atoms with Crippen molar-refractivity contribution in [1.82, 2.24) is 0 Å². The van der Waals surface area contributed by atoms with E-state index < -0.39 is 10.9 Å². The van der Waals surface area contributed by atoms with Gasteiger partial charge < -0.3 is 4.74 Å². The molecule has 0 aliphatic rings. The van der Waals surface area contributed by atoms with Gasteiger partial charge in [-0.25, -0.2) is 4.79 Å². The van der Waals surface area contributed by atoms with Crippen molar-refractivity contribution in [2.75, 3.05) is 7.11 Å². The molecule has 1 aromatic heterocycles. The standard InChI is InChI=1S/C15H9NO5S/c1-21-15(18)10-6-8(16(19)20)7-12-13(10)14(17)9-4-2-3-5-11(9)22-12/h2-7H,1H3. The minimum absolute atomic E-state index is 0.0845. The van der Waals surface area contributed by atoms with Gasteiger partial charge in [0, 0.05) is 26.9 Å². The molecule has 3 rings (SSSR count). The van der Waals surface area contributed by atoms with Crippen LogP contribution >= 0.6 is 11.3 Å². The van der Waals surface area contributed by atoms with E-state index in [0.717, 1.165) is 6.07 Å². The van der Waals surface area contributed by atoms with Crippen molar-refractivity contribution in [3.8, 4) is 0 Å². The summed E-state index contributed by atoms with van der Waals surface area (Å²) in [5.74, 6) is -0.770. The zero-order chi connectivity index (χ0) is 15.9. The third-order valence-electron chi connectivity index (χ3n) is 3.28. The van der Waals surface area contributed by atoms with Gasteiger partial charge >= 0.3 is 5.97 Å². The van der Waals surface area contributed by atoms with Crippen molar-refractivity contribution in [2.45, 2.75) is 0 Å². The molecule has 0 saturated carbocycles. The Bertz CT molecular complexity index is 992. The van der Waals surface area contributed by atoms with Gasteiger partial charge in [0.1, 0.15) is 0 Å². The van der Waals surface area contributed by atoms with Crippen LogP contribution < -0.4 is 5.43 Å². The normalized spacial score (nSPS) is 10.8. The lowest BCUT2D eigenvalue weighted by Gasteiger charge is -2.06. The topological polar surface area (TPSA) is 86.5 Å². The molecular weight excluding hydrogens is 306 g/mol. The number of non-ortho nitro benzene ring substituents is 1. The predicted molar refractivity (Wildman–Crippen MR) is 83.6 cm³/mol. The van der Waals surface area contributed by atoms with E-state index in [2.05, 4.69) is 4.74 Å². The van der Waals surface area contributed by atoms with Crippen LogP contribution in [0.3, 0.4) is 0 Å². The van der Waals surface area contributed by atoms with Crippen molar-refractivity contribution in [1.29, 1.82) is 0 Å². The van der Waals surface area contributed by atoms with Gasteiger partial charge in [0.2, 0.25) is 0 Å². The number of fused-ring (bicyclic) bond motifs is 2. The van der Waals surface area contributed by atoms with Crippen LogP contribution in [0, 0.1) is 10.1 Å². The Morgan fingerprint density at radius 2 is 1.95 bits per heavy atom. The van der Waals surface area contributed by atoms with Gasteiger partial charge in [-0.15, -0.1) is 11.3 Å². The molecular formula is C15H9NO5S. The molecule has 0 aliphatic carbocycles. The number of carbonyl (C=O) groups excluding carboxylic acids is 1. The quantitative estimate of drug-likeness (QED) is 0.314. The first-order valence-corrected chi connectivity index (χ1v) is 7.07. The van der Waals surface area contributed by atoms with Crippen molar-refractivity contribution < 1.29 is 14.5 Å². The molecule has 7 heteroatoms. The molecule has 6 nitrogen and oxygen atoms in total. The van der Waals surface area contributed by atoms with Crippen LogP contribution in [-0.4, -0.2) is 18.0 Å².